The van der Waals surface area contributed by atoms with Gasteiger partial charge in [-0.25, -0.2) is 4.79 Å². The highest BCUT2D eigenvalue weighted by molar-refractivity contribution is 5.89. The smallest absolute Gasteiger partial charge is 0.337 e. The zero-order valence-corrected chi connectivity index (χ0v) is 16.2. The van der Waals surface area contributed by atoms with Crippen LogP contribution in [0.1, 0.15) is 35.9 Å². The maximum Gasteiger partial charge on any atom is 0.337 e. The number of carboxylic acid groups (broad SMARTS) is 1. The summed E-state index contributed by atoms with van der Waals surface area (Å²) in [6.45, 7) is 3.47. The molecule has 0 bridgehead atoms. The molecule has 0 unspecified atom stereocenters. The highest BCUT2D eigenvalue weighted by atomic mass is 16.5. The van der Waals surface area contributed by atoms with Crippen LogP contribution in [-0.2, 0) is 16.1 Å². The molecule has 28 heavy (non-hydrogen) atoms. The van der Waals surface area contributed by atoms with Gasteiger partial charge in [-0.1, -0.05) is 19.1 Å². The van der Waals surface area contributed by atoms with Gasteiger partial charge in [0.25, 0.3) is 0 Å². The first-order valence-corrected chi connectivity index (χ1v) is 9.46. The molecule has 150 valence electrons. The summed E-state index contributed by atoms with van der Waals surface area (Å²) >= 11 is 0. The van der Waals surface area contributed by atoms with Gasteiger partial charge in [-0.05, 0) is 43.7 Å². The first-order chi connectivity index (χ1) is 13.5. The second-order valence-corrected chi connectivity index (χ2v) is 6.99. The third-order valence-corrected chi connectivity index (χ3v) is 5.19. The monoisotopic (exact) mass is 386 g/mol. The number of furan rings is 1. The predicted molar refractivity (Wildman–Crippen MR) is 104 cm³/mol. The number of carboxylic acids is 1. The summed E-state index contributed by atoms with van der Waals surface area (Å²) in [5.41, 5.74) is 1.40. The predicted octanol–water partition coefficient (Wildman–Crippen LogP) is 2.76. The quantitative estimate of drug-likeness (QED) is 0.640. The van der Waals surface area contributed by atoms with Crippen LogP contribution in [-0.4, -0.2) is 54.2 Å². The Hall–Kier alpha value is -2.64. The summed E-state index contributed by atoms with van der Waals surface area (Å²) < 4.78 is 10.6. The molecular weight excluding hydrogens is 360 g/mol. The minimum Gasteiger partial charge on any atom is -0.480 e. The van der Waals surface area contributed by atoms with E-state index in [4.69, 9.17) is 14.3 Å². The van der Waals surface area contributed by atoms with Crippen LogP contribution < -0.4 is 5.32 Å². The normalized spacial score (nSPS) is 18.7. The number of esters is 1. The average molecular weight is 386 g/mol. The van der Waals surface area contributed by atoms with Crippen molar-refractivity contribution < 1.29 is 23.8 Å². The molecule has 2 N–H and O–H groups in total. The van der Waals surface area contributed by atoms with Gasteiger partial charge in [0, 0.05) is 17.6 Å². The first-order valence-electron chi connectivity index (χ1n) is 9.46. The van der Waals surface area contributed by atoms with Gasteiger partial charge >= 0.3 is 11.9 Å². The van der Waals surface area contributed by atoms with Crippen molar-refractivity contribution in [1.82, 2.24) is 10.2 Å². The Morgan fingerprint density at radius 1 is 1.21 bits per heavy atom. The molecule has 0 spiro atoms. The van der Waals surface area contributed by atoms with Gasteiger partial charge < -0.3 is 19.6 Å². The molecule has 1 aliphatic rings. The number of methoxy groups -OCH3 is 1. The molecule has 0 amide bonds. The van der Waals surface area contributed by atoms with E-state index in [1.807, 2.05) is 36.1 Å². The molecule has 2 aromatic rings. The van der Waals surface area contributed by atoms with E-state index in [1.54, 1.807) is 12.1 Å². The molecule has 1 fully saturated rings. The molecular formula is C21H26N2O5. The lowest BCUT2D eigenvalue weighted by atomic mass is 9.85. The van der Waals surface area contributed by atoms with Crippen molar-refractivity contribution >= 4 is 11.9 Å². The van der Waals surface area contributed by atoms with E-state index in [2.05, 4.69) is 5.32 Å². The second-order valence-electron chi connectivity index (χ2n) is 6.99. The lowest BCUT2D eigenvalue weighted by Crippen LogP contribution is -2.53. The number of ether oxygens (including phenoxy) is 1. The molecule has 0 saturated heterocycles. The molecule has 7 nitrogen and oxygen atoms in total. The molecule has 0 aliphatic heterocycles. The van der Waals surface area contributed by atoms with Crippen molar-refractivity contribution in [3.63, 3.8) is 0 Å². The number of nitrogens with zero attached hydrogens (tertiary/aromatic N) is 1. The van der Waals surface area contributed by atoms with Gasteiger partial charge in [0.05, 0.1) is 25.8 Å². The van der Waals surface area contributed by atoms with Gasteiger partial charge in [0.2, 0.25) is 0 Å². The Balaban J connectivity index is 1.48. The van der Waals surface area contributed by atoms with Crippen LogP contribution in [0, 0.1) is 0 Å². The number of carbonyl (C=O) groups is 2. The highest BCUT2D eigenvalue weighted by Gasteiger charge is 2.33. The number of aliphatic carboxylic acids is 1. The van der Waals surface area contributed by atoms with Crippen molar-refractivity contribution in [3.05, 3.63) is 47.7 Å². The lowest BCUT2D eigenvalue weighted by molar-refractivity contribution is -0.139. The average Bonchev–Trinajstić information content (AvgIpc) is 3.14. The fourth-order valence-electron chi connectivity index (χ4n) is 3.49. The first kappa shape index (κ1) is 20.1. The van der Waals surface area contributed by atoms with Gasteiger partial charge in [-0.2, -0.15) is 0 Å². The van der Waals surface area contributed by atoms with Crippen LogP contribution in [0.4, 0.5) is 0 Å². The summed E-state index contributed by atoms with van der Waals surface area (Å²) in [6.07, 6.45) is 1.90. The van der Waals surface area contributed by atoms with E-state index in [1.165, 1.54) is 7.11 Å². The molecule has 7 heteroatoms. The number of carbonyl (C=O) groups excluding carboxylic acids is 1. The maximum absolute atomic E-state index is 11.5. The lowest BCUT2D eigenvalue weighted by Gasteiger charge is -2.42. The third-order valence-electron chi connectivity index (χ3n) is 5.19. The van der Waals surface area contributed by atoms with Crippen LogP contribution in [0.5, 0.6) is 0 Å². The van der Waals surface area contributed by atoms with Crippen molar-refractivity contribution in [2.45, 2.75) is 38.4 Å². The third kappa shape index (κ3) is 4.79. The minimum atomic E-state index is -0.777. The number of likely N-dealkylation sites (N-methyl/N-ethyl adjacent to an activating group) is 1. The number of nitrogens with one attached hydrogen (secondary N) is 1. The van der Waals surface area contributed by atoms with Crippen molar-refractivity contribution in [1.29, 1.82) is 0 Å². The standard InChI is InChI=1S/C21H26N2O5/c1-3-23(13-20(24)25)17-10-16(11-17)22-12-18-8-9-19(28-18)14-4-6-15(7-5-14)21(26)27-2/h4-9,16-17,22H,3,10-13H2,1-2H3,(H,24,25). The van der Waals surface area contributed by atoms with E-state index >= 15 is 0 Å². The second kappa shape index (κ2) is 9.03. The Morgan fingerprint density at radius 3 is 2.54 bits per heavy atom. The largest absolute Gasteiger partial charge is 0.480 e. The fraction of sp³-hybridized carbons (Fsp3) is 0.429. The fourth-order valence-corrected chi connectivity index (χ4v) is 3.49. The number of benzene rings is 1. The Labute approximate surface area is 164 Å². The number of rotatable bonds is 9. The van der Waals surface area contributed by atoms with E-state index in [9.17, 15) is 9.59 Å². The minimum absolute atomic E-state index is 0.101. The molecule has 1 aromatic heterocycles. The van der Waals surface area contributed by atoms with Crippen LogP contribution in [0.25, 0.3) is 11.3 Å². The number of hydrogen-bond acceptors (Lipinski definition) is 6. The summed E-state index contributed by atoms with van der Waals surface area (Å²) in [4.78, 5) is 24.4. The molecule has 1 saturated carbocycles. The summed E-state index contributed by atoms with van der Waals surface area (Å²) in [7, 11) is 1.36. The van der Waals surface area contributed by atoms with Gasteiger partial charge in [-0.15, -0.1) is 0 Å². The van der Waals surface area contributed by atoms with Crippen molar-refractivity contribution in [2.24, 2.45) is 0 Å². The van der Waals surface area contributed by atoms with Gasteiger partial charge in [-0.3, -0.25) is 9.69 Å². The zero-order chi connectivity index (χ0) is 20.1. The number of hydrogen-bond donors (Lipinski definition) is 2. The molecule has 1 heterocycles. The van der Waals surface area contributed by atoms with E-state index < -0.39 is 5.97 Å². The summed E-state index contributed by atoms with van der Waals surface area (Å²) in [6, 6.07) is 11.7. The van der Waals surface area contributed by atoms with Crippen molar-refractivity contribution in [2.75, 3.05) is 20.2 Å². The van der Waals surface area contributed by atoms with Crippen LogP contribution in [0.3, 0.4) is 0 Å². The molecule has 0 radical (unpaired) electrons. The molecule has 0 atom stereocenters. The van der Waals surface area contributed by atoms with E-state index in [0.717, 1.165) is 36.5 Å². The Bertz CT molecular complexity index is 808. The zero-order valence-electron chi connectivity index (χ0n) is 16.2. The highest BCUT2D eigenvalue weighted by Crippen LogP contribution is 2.27. The van der Waals surface area contributed by atoms with Crippen LogP contribution in [0.2, 0.25) is 0 Å². The van der Waals surface area contributed by atoms with Crippen LogP contribution in [0.15, 0.2) is 40.8 Å². The van der Waals surface area contributed by atoms with Crippen molar-refractivity contribution in [3.8, 4) is 11.3 Å². The maximum atomic E-state index is 11.5. The topological polar surface area (TPSA) is 92.0 Å². The SMILES string of the molecule is CCN(CC(=O)O)C1CC(NCc2ccc(-c3ccc(C(=O)OC)cc3)o2)C1. The summed E-state index contributed by atoms with van der Waals surface area (Å²) in [5, 5.41) is 12.4. The van der Waals surface area contributed by atoms with E-state index in [0.29, 0.717) is 24.2 Å². The van der Waals surface area contributed by atoms with Gasteiger partial charge in [0.15, 0.2) is 0 Å². The molecule has 3 rings (SSSR count). The Morgan fingerprint density at radius 2 is 1.93 bits per heavy atom. The van der Waals surface area contributed by atoms with Crippen LogP contribution >= 0.6 is 0 Å². The Kier molecular flexibility index (Phi) is 6.49. The van der Waals surface area contributed by atoms with Gasteiger partial charge in [0.1, 0.15) is 11.5 Å². The molecule has 1 aliphatic carbocycles. The summed E-state index contributed by atoms with van der Waals surface area (Å²) in [5.74, 6) is 0.451. The van der Waals surface area contributed by atoms with E-state index in [-0.39, 0.29) is 12.5 Å². The molecule has 1 aromatic carbocycles.